The zero-order chi connectivity index (χ0) is 26.3. The topological polar surface area (TPSA) is 63.6 Å². The predicted molar refractivity (Wildman–Crippen MR) is 144 cm³/mol. The quantitative estimate of drug-likeness (QED) is 0.256. The molecule has 0 aliphatic heterocycles. The van der Waals surface area contributed by atoms with E-state index in [1.807, 2.05) is 0 Å². The van der Waals surface area contributed by atoms with Gasteiger partial charge in [0.1, 0.15) is 6.10 Å². The van der Waals surface area contributed by atoms with E-state index in [0.717, 1.165) is 48.9 Å². The molecule has 0 unspecified atom stereocenters. The Morgan fingerprint density at radius 3 is 2.42 bits per heavy atom. The number of allylic oxidation sites excluding steroid dienone is 1. The number of hydrogen-bond acceptors (Lipinski definition) is 3. The first-order valence-electron chi connectivity index (χ1n) is 15.0. The lowest BCUT2D eigenvalue weighted by Crippen LogP contribution is -2.53. The van der Waals surface area contributed by atoms with Crippen LogP contribution in [0.15, 0.2) is 11.6 Å². The van der Waals surface area contributed by atoms with Gasteiger partial charge in [0.15, 0.2) is 0 Å². The van der Waals surface area contributed by atoms with Gasteiger partial charge in [-0.25, -0.2) is 0 Å². The van der Waals surface area contributed by atoms with E-state index in [-0.39, 0.29) is 30.3 Å². The Hall–Kier alpha value is -1.32. The Morgan fingerprint density at radius 1 is 1.00 bits per heavy atom. The van der Waals surface area contributed by atoms with E-state index in [0.29, 0.717) is 10.8 Å². The highest BCUT2D eigenvalue weighted by molar-refractivity contribution is 5.76. The molecule has 3 saturated carbocycles. The molecule has 0 heterocycles. The maximum absolute atomic E-state index is 12.2. The third kappa shape index (κ3) is 4.92. The SMILES string of the molecule is CC(C)CCC[C@@H](C)[C@@]1(C)CC[C@H]2[C@@H]3CC=C4C[C@@H](OC(=O)CCC(=O)O)CC[C@]4(C)[C@H]3CC[C@@]21C. The van der Waals surface area contributed by atoms with Gasteiger partial charge in [0.2, 0.25) is 0 Å². The molecule has 0 bridgehead atoms. The van der Waals surface area contributed by atoms with Crippen LogP contribution in [0.3, 0.4) is 0 Å². The lowest BCUT2D eigenvalue weighted by atomic mass is 9.44. The van der Waals surface area contributed by atoms with E-state index in [1.165, 1.54) is 56.9 Å². The normalized spacial score (nSPS) is 40.6. The lowest BCUT2D eigenvalue weighted by molar-refractivity contribution is -0.154. The van der Waals surface area contributed by atoms with Gasteiger partial charge in [-0.05, 0) is 90.8 Å². The molecule has 0 saturated heterocycles. The first-order chi connectivity index (χ1) is 16.9. The Labute approximate surface area is 220 Å². The summed E-state index contributed by atoms with van der Waals surface area (Å²) in [6.07, 6.45) is 15.9. The van der Waals surface area contributed by atoms with Crippen LogP contribution in [-0.2, 0) is 14.3 Å². The average molecular weight is 501 g/mol. The molecule has 36 heavy (non-hydrogen) atoms. The van der Waals surface area contributed by atoms with Crippen molar-refractivity contribution in [3.8, 4) is 0 Å². The molecule has 4 nitrogen and oxygen atoms in total. The van der Waals surface area contributed by atoms with Crippen molar-refractivity contribution >= 4 is 11.9 Å². The number of esters is 1. The van der Waals surface area contributed by atoms with E-state index in [9.17, 15) is 9.59 Å². The number of fused-ring (bicyclic) bond motifs is 5. The summed E-state index contributed by atoms with van der Waals surface area (Å²) in [6.45, 7) is 15.1. The molecule has 0 aromatic rings. The third-order valence-electron chi connectivity index (χ3n) is 12.1. The minimum absolute atomic E-state index is 0.0260. The minimum Gasteiger partial charge on any atom is -0.481 e. The van der Waals surface area contributed by atoms with E-state index in [2.05, 4.69) is 47.6 Å². The molecule has 8 atom stereocenters. The van der Waals surface area contributed by atoms with Crippen molar-refractivity contribution in [1.82, 2.24) is 0 Å². The zero-order valence-corrected chi connectivity index (χ0v) is 23.9. The Kier molecular flexibility index (Phi) is 8.04. The number of ether oxygens (including phenoxy) is 1. The van der Waals surface area contributed by atoms with Gasteiger partial charge in [0, 0.05) is 6.42 Å². The fourth-order valence-electron chi connectivity index (χ4n) is 9.44. The standard InChI is InChI=1S/C32H52O4/c1-21(2)8-7-9-22(3)31(5)18-16-27-25-11-10-23-20-24(36-29(35)13-12-28(33)34)14-17-30(23,4)26(25)15-19-32(27,31)6/h10,21-22,24-27H,7-9,11-20H2,1-6H3,(H,33,34)/t22-,24+,25-,26+,27+,30+,31-,32+/m1/s1. The van der Waals surface area contributed by atoms with Crippen molar-refractivity contribution in [2.75, 3.05) is 0 Å². The molecule has 0 aromatic carbocycles. The van der Waals surface area contributed by atoms with Crippen LogP contribution >= 0.6 is 0 Å². The molecule has 0 amide bonds. The highest BCUT2D eigenvalue weighted by atomic mass is 16.5. The van der Waals surface area contributed by atoms with E-state index in [1.54, 1.807) is 0 Å². The van der Waals surface area contributed by atoms with Crippen molar-refractivity contribution in [3.63, 3.8) is 0 Å². The maximum Gasteiger partial charge on any atom is 0.306 e. The smallest absolute Gasteiger partial charge is 0.306 e. The summed E-state index contributed by atoms with van der Waals surface area (Å²) in [6, 6.07) is 0. The largest absolute Gasteiger partial charge is 0.481 e. The van der Waals surface area contributed by atoms with Gasteiger partial charge >= 0.3 is 11.9 Å². The van der Waals surface area contributed by atoms with Gasteiger partial charge in [-0.2, -0.15) is 0 Å². The molecule has 1 N–H and O–H groups in total. The fourth-order valence-corrected chi connectivity index (χ4v) is 9.44. The molecule has 4 heteroatoms. The summed E-state index contributed by atoms with van der Waals surface area (Å²) >= 11 is 0. The second-order valence-electron chi connectivity index (χ2n) is 14.1. The van der Waals surface area contributed by atoms with Crippen molar-refractivity contribution < 1.29 is 19.4 Å². The fraction of sp³-hybridized carbons (Fsp3) is 0.875. The third-order valence-corrected chi connectivity index (χ3v) is 12.1. The lowest BCUT2D eigenvalue weighted by Gasteiger charge is -2.60. The first kappa shape index (κ1) is 27.7. The summed E-state index contributed by atoms with van der Waals surface area (Å²) < 4.78 is 5.71. The molecule has 4 rings (SSSR count). The van der Waals surface area contributed by atoms with Gasteiger partial charge in [-0.15, -0.1) is 0 Å². The molecule has 4 aliphatic carbocycles. The van der Waals surface area contributed by atoms with Crippen molar-refractivity contribution in [3.05, 3.63) is 11.6 Å². The second-order valence-corrected chi connectivity index (χ2v) is 14.1. The van der Waals surface area contributed by atoms with Crippen molar-refractivity contribution in [2.45, 2.75) is 131 Å². The van der Waals surface area contributed by atoms with Gasteiger partial charge in [-0.1, -0.05) is 72.5 Å². The van der Waals surface area contributed by atoms with Gasteiger partial charge in [0.25, 0.3) is 0 Å². The summed E-state index contributed by atoms with van der Waals surface area (Å²) in [4.78, 5) is 22.9. The monoisotopic (exact) mass is 500 g/mol. The Morgan fingerprint density at radius 2 is 1.72 bits per heavy atom. The number of aliphatic carboxylic acids is 1. The summed E-state index contributed by atoms with van der Waals surface area (Å²) in [5.41, 5.74) is 2.64. The number of carboxylic acids is 1. The van der Waals surface area contributed by atoms with Crippen LogP contribution in [0.5, 0.6) is 0 Å². The molecular formula is C32H52O4. The second kappa shape index (κ2) is 10.4. The summed E-state index contributed by atoms with van der Waals surface area (Å²) in [5, 5.41) is 8.85. The zero-order valence-electron chi connectivity index (χ0n) is 23.9. The number of hydrogen-bond donors (Lipinski definition) is 1. The van der Waals surface area contributed by atoms with Crippen LogP contribution in [-0.4, -0.2) is 23.1 Å². The molecule has 0 radical (unpaired) electrons. The molecular weight excluding hydrogens is 448 g/mol. The van der Waals surface area contributed by atoms with Crippen molar-refractivity contribution in [1.29, 1.82) is 0 Å². The van der Waals surface area contributed by atoms with E-state index < -0.39 is 5.97 Å². The first-order valence-corrected chi connectivity index (χ1v) is 15.0. The average Bonchev–Trinajstić information content (AvgIpc) is 3.09. The molecule has 4 aliphatic rings. The number of rotatable bonds is 9. The van der Waals surface area contributed by atoms with E-state index >= 15 is 0 Å². The molecule has 204 valence electrons. The Bertz CT molecular complexity index is 860. The van der Waals surface area contributed by atoms with Gasteiger partial charge < -0.3 is 9.84 Å². The maximum atomic E-state index is 12.2. The van der Waals surface area contributed by atoms with Crippen molar-refractivity contribution in [2.24, 2.45) is 45.8 Å². The summed E-state index contributed by atoms with van der Waals surface area (Å²) in [7, 11) is 0. The molecule has 0 spiro atoms. The Balaban J connectivity index is 1.44. The van der Waals surface area contributed by atoms with Crippen LogP contribution in [0.25, 0.3) is 0 Å². The molecule has 3 fully saturated rings. The van der Waals surface area contributed by atoms with E-state index in [4.69, 9.17) is 9.84 Å². The van der Waals surface area contributed by atoms with Crippen LogP contribution in [0, 0.1) is 45.8 Å². The number of carbonyl (C=O) groups excluding carboxylic acids is 1. The summed E-state index contributed by atoms with van der Waals surface area (Å²) in [5.74, 6) is 2.66. The number of carboxylic acid groups (broad SMARTS) is 1. The highest BCUT2D eigenvalue weighted by Gasteiger charge is 2.63. The van der Waals surface area contributed by atoms with Gasteiger partial charge in [0.05, 0.1) is 12.8 Å². The van der Waals surface area contributed by atoms with Gasteiger partial charge in [-0.3, -0.25) is 9.59 Å². The minimum atomic E-state index is -0.943. The predicted octanol–water partition coefficient (Wildman–Crippen LogP) is 8.19. The number of carbonyl (C=O) groups is 2. The van der Waals surface area contributed by atoms with Crippen LogP contribution in [0.1, 0.15) is 125 Å². The van der Waals surface area contributed by atoms with Crippen LogP contribution in [0.2, 0.25) is 0 Å². The van der Waals surface area contributed by atoms with Crippen LogP contribution < -0.4 is 0 Å². The van der Waals surface area contributed by atoms with Crippen LogP contribution in [0.4, 0.5) is 0 Å². The highest BCUT2D eigenvalue weighted by Crippen LogP contribution is 2.71. The molecule has 0 aromatic heterocycles.